The molecule has 0 aliphatic rings. The van der Waals surface area contributed by atoms with Crippen LogP contribution in [-0.2, 0) is 19.5 Å². The van der Waals surface area contributed by atoms with Gasteiger partial charge in [0.25, 0.3) is 0 Å². The predicted molar refractivity (Wildman–Crippen MR) is 87.4 cm³/mol. The third-order valence-corrected chi connectivity index (χ3v) is 3.54. The highest BCUT2D eigenvalue weighted by Crippen LogP contribution is 2.19. The van der Waals surface area contributed by atoms with Gasteiger partial charge in [0.05, 0.1) is 7.11 Å². The maximum absolute atomic E-state index is 5.57. The van der Waals surface area contributed by atoms with Crippen molar-refractivity contribution >= 4 is 0 Å². The van der Waals surface area contributed by atoms with Gasteiger partial charge < -0.3 is 10.5 Å². The second kappa shape index (κ2) is 7.81. The van der Waals surface area contributed by atoms with Gasteiger partial charge in [0.15, 0.2) is 0 Å². The van der Waals surface area contributed by atoms with Gasteiger partial charge >= 0.3 is 0 Å². The standard InChI is InChI=1S/C18H24N2O/c1-20(14-17-5-3-4-6-18(17)21-2)13-16-9-7-15(8-10-16)11-12-19/h3-10H,11-14,19H2,1-2H3. The van der Waals surface area contributed by atoms with Crippen LogP contribution in [0.2, 0.25) is 0 Å². The van der Waals surface area contributed by atoms with E-state index in [9.17, 15) is 0 Å². The Morgan fingerprint density at radius 3 is 2.29 bits per heavy atom. The maximum atomic E-state index is 5.57. The molecule has 0 aliphatic carbocycles. The molecule has 0 atom stereocenters. The van der Waals surface area contributed by atoms with E-state index in [2.05, 4.69) is 42.3 Å². The number of nitrogens with two attached hydrogens (primary N) is 1. The lowest BCUT2D eigenvalue weighted by Crippen LogP contribution is -2.17. The molecule has 2 aromatic carbocycles. The fraction of sp³-hybridized carbons (Fsp3) is 0.333. The van der Waals surface area contributed by atoms with Crippen LogP contribution < -0.4 is 10.5 Å². The largest absolute Gasteiger partial charge is 0.496 e. The molecule has 2 rings (SSSR count). The fourth-order valence-electron chi connectivity index (χ4n) is 2.47. The third-order valence-electron chi connectivity index (χ3n) is 3.54. The molecule has 0 bridgehead atoms. The molecule has 0 saturated heterocycles. The van der Waals surface area contributed by atoms with Crippen molar-refractivity contribution in [2.45, 2.75) is 19.5 Å². The SMILES string of the molecule is COc1ccccc1CN(C)Cc1ccc(CCN)cc1. The summed E-state index contributed by atoms with van der Waals surface area (Å²) in [6.07, 6.45) is 0.942. The first-order chi connectivity index (χ1) is 10.2. The molecule has 2 aromatic rings. The number of benzene rings is 2. The first-order valence-electron chi connectivity index (χ1n) is 7.31. The summed E-state index contributed by atoms with van der Waals surface area (Å²) in [5, 5.41) is 0. The van der Waals surface area contributed by atoms with Gasteiger partial charge in [-0.25, -0.2) is 0 Å². The third kappa shape index (κ3) is 4.59. The number of methoxy groups -OCH3 is 1. The maximum Gasteiger partial charge on any atom is 0.123 e. The van der Waals surface area contributed by atoms with Crippen molar-refractivity contribution in [1.29, 1.82) is 0 Å². The number of nitrogens with zero attached hydrogens (tertiary/aromatic N) is 1. The van der Waals surface area contributed by atoms with E-state index in [0.717, 1.165) is 25.3 Å². The van der Waals surface area contributed by atoms with Crippen LogP contribution in [-0.4, -0.2) is 25.6 Å². The van der Waals surface area contributed by atoms with E-state index in [-0.39, 0.29) is 0 Å². The summed E-state index contributed by atoms with van der Waals surface area (Å²) in [6, 6.07) is 16.9. The van der Waals surface area contributed by atoms with E-state index in [1.807, 2.05) is 18.2 Å². The molecule has 0 amide bonds. The Morgan fingerprint density at radius 1 is 0.952 bits per heavy atom. The van der Waals surface area contributed by atoms with Crippen molar-refractivity contribution in [3.05, 3.63) is 65.2 Å². The zero-order valence-corrected chi connectivity index (χ0v) is 12.9. The summed E-state index contributed by atoms with van der Waals surface area (Å²) in [6.45, 7) is 2.49. The Morgan fingerprint density at radius 2 is 1.62 bits per heavy atom. The second-order valence-corrected chi connectivity index (χ2v) is 5.34. The van der Waals surface area contributed by atoms with Crippen LogP contribution >= 0.6 is 0 Å². The van der Waals surface area contributed by atoms with E-state index < -0.39 is 0 Å². The molecule has 0 spiro atoms. The van der Waals surface area contributed by atoms with Gasteiger partial charge in [-0.05, 0) is 37.2 Å². The molecule has 112 valence electrons. The van der Waals surface area contributed by atoms with Gasteiger partial charge in [-0.2, -0.15) is 0 Å². The average Bonchev–Trinajstić information content (AvgIpc) is 2.50. The van der Waals surface area contributed by atoms with Crippen molar-refractivity contribution in [1.82, 2.24) is 4.90 Å². The van der Waals surface area contributed by atoms with Crippen LogP contribution in [0.3, 0.4) is 0 Å². The van der Waals surface area contributed by atoms with Crippen LogP contribution in [0.25, 0.3) is 0 Å². The molecule has 0 aliphatic heterocycles. The Bertz CT molecular complexity index is 551. The minimum atomic E-state index is 0.701. The molecule has 0 aromatic heterocycles. The lowest BCUT2D eigenvalue weighted by Gasteiger charge is -2.18. The van der Waals surface area contributed by atoms with Crippen molar-refractivity contribution in [2.24, 2.45) is 5.73 Å². The van der Waals surface area contributed by atoms with Crippen LogP contribution in [0, 0.1) is 0 Å². The number of ether oxygens (including phenoxy) is 1. The van der Waals surface area contributed by atoms with E-state index >= 15 is 0 Å². The zero-order chi connectivity index (χ0) is 15.1. The summed E-state index contributed by atoms with van der Waals surface area (Å²) in [7, 11) is 3.84. The number of hydrogen-bond donors (Lipinski definition) is 1. The van der Waals surface area contributed by atoms with Crippen molar-refractivity contribution < 1.29 is 4.74 Å². The second-order valence-electron chi connectivity index (χ2n) is 5.34. The van der Waals surface area contributed by atoms with E-state index in [1.54, 1.807) is 7.11 Å². The van der Waals surface area contributed by atoms with Crippen LogP contribution in [0.5, 0.6) is 5.75 Å². The minimum absolute atomic E-state index is 0.701. The molecule has 3 nitrogen and oxygen atoms in total. The molecule has 3 heteroatoms. The normalized spacial score (nSPS) is 10.9. The lowest BCUT2D eigenvalue weighted by molar-refractivity contribution is 0.310. The summed E-state index contributed by atoms with van der Waals surface area (Å²) < 4.78 is 5.40. The van der Waals surface area contributed by atoms with Crippen LogP contribution in [0.4, 0.5) is 0 Å². The molecule has 2 N–H and O–H groups in total. The van der Waals surface area contributed by atoms with Crippen molar-refractivity contribution in [3.8, 4) is 5.75 Å². The van der Waals surface area contributed by atoms with Gasteiger partial charge in [0.2, 0.25) is 0 Å². The molecule has 0 radical (unpaired) electrons. The quantitative estimate of drug-likeness (QED) is 0.849. The van der Waals surface area contributed by atoms with Crippen molar-refractivity contribution in [2.75, 3.05) is 20.7 Å². The summed E-state index contributed by atoms with van der Waals surface area (Å²) >= 11 is 0. The Hall–Kier alpha value is -1.84. The Labute approximate surface area is 127 Å². The topological polar surface area (TPSA) is 38.5 Å². The smallest absolute Gasteiger partial charge is 0.123 e. The molecule has 0 unspecified atom stereocenters. The Balaban J connectivity index is 1.96. The van der Waals surface area contributed by atoms with E-state index in [1.165, 1.54) is 16.7 Å². The van der Waals surface area contributed by atoms with Gasteiger partial charge in [-0.15, -0.1) is 0 Å². The highest BCUT2D eigenvalue weighted by Gasteiger charge is 2.06. The zero-order valence-electron chi connectivity index (χ0n) is 12.9. The highest BCUT2D eigenvalue weighted by molar-refractivity contribution is 5.33. The van der Waals surface area contributed by atoms with Crippen LogP contribution in [0.1, 0.15) is 16.7 Å². The molecular weight excluding hydrogens is 260 g/mol. The van der Waals surface area contributed by atoms with Crippen molar-refractivity contribution in [3.63, 3.8) is 0 Å². The van der Waals surface area contributed by atoms with Gasteiger partial charge in [-0.1, -0.05) is 42.5 Å². The molecule has 0 heterocycles. The number of para-hydroxylation sites is 1. The lowest BCUT2D eigenvalue weighted by atomic mass is 10.1. The average molecular weight is 284 g/mol. The first kappa shape index (κ1) is 15.5. The van der Waals surface area contributed by atoms with Gasteiger partial charge in [0, 0.05) is 18.7 Å². The fourth-order valence-corrected chi connectivity index (χ4v) is 2.47. The summed E-state index contributed by atoms with van der Waals surface area (Å²) in [4.78, 5) is 2.29. The molecule has 0 saturated carbocycles. The number of rotatable bonds is 7. The summed E-state index contributed by atoms with van der Waals surface area (Å²) in [5.41, 5.74) is 9.40. The van der Waals surface area contributed by atoms with E-state index in [4.69, 9.17) is 10.5 Å². The molecule has 0 fully saturated rings. The van der Waals surface area contributed by atoms with E-state index in [0.29, 0.717) is 6.54 Å². The highest BCUT2D eigenvalue weighted by atomic mass is 16.5. The Kier molecular flexibility index (Phi) is 5.78. The number of hydrogen-bond acceptors (Lipinski definition) is 3. The van der Waals surface area contributed by atoms with Gasteiger partial charge in [-0.3, -0.25) is 4.90 Å². The monoisotopic (exact) mass is 284 g/mol. The van der Waals surface area contributed by atoms with Gasteiger partial charge in [0.1, 0.15) is 5.75 Å². The minimum Gasteiger partial charge on any atom is -0.496 e. The predicted octanol–water partition coefficient (Wildman–Crippen LogP) is 2.83. The summed E-state index contributed by atoms with van der Waals surface area (Å²) in [5.74, 6) is 0.947. The van der Waals surface area contributed by atoms with Crippen LogP contribution in [0.15, 0.2) is 48.5 Å². The molecule has 21 heavy (non-hydrogen) atoms. The molecular formula is C18H24N2O. The first-order valence-corrected chi connectivity index (χ1v) is 7.31.